The lowest BCUT2D eigenvalue weighted by atomic mass is 10.0. The Bertz CT molecular complexity index is 345. The van der Waals surface area contributed by atoms with E-state index in [9.17, 15) is 0 Å². The molecule has 17 heavy (non-hydrogen) atoms. The lowest BCUT2D eigenvalue weighted by Gasteiger charge is -2.18. The summed E-state index contributed by atoms with van der Waals surface area (Å²) in [6.45, 7) is 9.60. The maximum atomic E-state index is 5.90. The Morgan fingerprint density at radius 2 is 1.88 bits per heavy atom. The summed E-state index contributed by atoms with van der Waals surface area (Å²) in [6.07, 6.45) is 3.89. The predicted molar refractivity (Wildman–Crippen MR) is 73.1 cm³/mol. The van der Waals surface area contributed by atoms with Crippen LogP contribution in [0.1, 0.15) is 52.0 Å². The van der Waals surface area contributed by atoms with Crippen LogP contribution in [-0.4, -0.2) is 16.5 Å². The highest BCUT2D eigenvalue weighted by molar-refractivity contribution is 5.56. The largest absolute Gasteiger partial charge is 0.383 e. The van der Waals surface area contributed by atoms with Crippen molar-refractivity contribution in [2.45, 2.75) is 46.5 Å². The Morgan fingerprint density at radius 3 is 2.41 bits per heavy atom. The molecule has 96 valence electrons. The second kappa shape index (κ2) is 6.42. The van der Waals surface area contributed by atoms with E-state index in [0.29, 0.717) is 17.7 Å². The molecular formula is C13H24N4. The van der Waals surface area contributed by atoms with Crippen molar-refractivity contribution in [1.29, 1.82) is 0 Å². The summed E-state index contributed by atoms with van der Waals surface area (Å²) >= 11 is 0. The van der Waals surface area contributed by atoms with Gasteiger partial charge in [0.2, 0.25) is 0 Å². The van der Waals surface area contributed by atoms with Crippen LogP contribution < -0.4 is 11.1 Å². The molecule has 0 spiro atoms. The van der Waals surface area contributed by atoms with Gasteiger partial charge in [-0.15, -0.1) is 0 Å². The Morgan fingerprint density at radius 1 is 1.24 bits per heavy atom. The highest BCUT2D eigenvalue weighted by Gasteiger charge is 2.13. The van der Waals surface area contributed by atoms with Crippen LogP contribution in [-0.2, 0) is 0 Å². The third-order valence-corrected chi connectivity index (χ3v) is 3.20. The van der Waals surface area contributed by atoms with Gasteiger partial charge in [-0.1, -0.05) is 40.5 Å². The van der Waals surface area contributed by atoms with Gasteiger partial charge in [0, 0.05) is 12.1 Å². The molecule has 1 aromatic rings. The Labute approximate surface area is 104 Å². The van der Waals surface area contributed by atoms with Gasteiger partial charge in [-0.3, -0.25) is 0 Å². The van der Waals surface area contributed by atoms with Crippen LogP contribution in [0, 0.1) is 5.92 Å². The molecule has 0 radical (unpaired) electrons. The van der Waals surface area contributed by atoms with Crippen molar-refractivity contribution >= 4 is 11.6 Å². The molecule has 0 saturated heterocycles. The van der Waals surface area contributed by atoms with Crippen molar-refractivity contribution in [3.63, 3.8) is 0 Å². The first-order valence-corrected chi connectivity index (χ1v) is 6.44. The molecule has 1 rings (SSSR count). The van der Waals surface area contributed by atoms with Crippen LogP contribution in [0.15, 0.2) is 6.33 Å². The first-order chi connectivity index (χ1) is 8.10. The van der Waals surface area contributed by atoms with E-state index < -0.39 is 0 Å². The quantitative estimate of drug-likeness (QED) is 0.797. The molecular weight excluding hydrogens is 212 g/mol. The molecule has 1 aromatic heterocycles. The highest BCUT2D eigenvalue weighted by Crippen LogP contribution is 2.26. The monoisotopic (exact) mass is 236 g/mol. The fourth-order valence-corrected chi connectivity index (χ4v) is 1.94. The van der Waals surface area contributed by atoms with Crippen LogP contribution in [0.4, 0.5) is 11.6 Å². The number of hydrogen-bond acceptors (Lipinski definition) is 4. The molecule has 0 fully saturated rings. The molecule has 0 atom stereocenters. The fourth-order valence-electron chi connectivity index (χ4n) is 1.94. The maximum Gasteiger partial charge on any atom is 0.134 e. The van der Waals surface area contributed by atoms with E-state index in [0.717, 1.165) is 17.9 Å². The Balaban J connectivity index is 2.80. The van der Waals surface area contributed by atoms with E-state index in [2.05, 4.69) is 43.0 Å². The predicted octanol–water partition coefficient (Wildman–Crippen LogP) is 3.03. The zero-order valence-corrected chi connectivity index (χ0v) is 11.3. The SMILES string of the molecule is CCC(CC)CNc1ncnc(N)c1C(C)C. The minimum absolute atomic E-state index is 0.334. The highest BCUT2D eigenvalue weighted by atomic mass is 15.0. The first kappa shape index (κ1) is 13.7. The summed E-state index contributed by atoms with van der Waals surface area (Å²) in [5, 5.41) is 3.41. The third-order valence-electron chi connectivity index (χ3n) is 3.20. The molecule has 0 bridgehead atoms. The number of rotatable bonds is 6. The molecule has 3 N–H and O–H groups in total. The maximum absolute atomic E-state index is 5.90. The van der Waals surface area contributed by atoms with Crippen molar-refractivity contribution in [2.75, 3.05) is 17.6 Å². The van der Waals surface area contributed by atoms with Crippen molar-refractivity contribution in [3.8, 4) is 0 Å². The number of nitrogen functional groups attached to an aromatic ring is 1. The minimum atomic E-state index is 0.334. The average Bonchev–Trinajstić information content (AvgIpc) is 2.29. The molecule has 0 aliphatic carbocycles. The second-order valence-electron chi connectivity index (χ2n) is 4.74. The Hall–Kier alpha value is -1.32. The van der Waals surface area contributed by atoms with Gasteiger partial charge in [-0.05, 0) is 11.8 Å². The zero-order valence-electron chi connectivity index (χ0n) is 11.3. The number of nitrogens with two attached hydrogens (primary N) is 1. The van der Waals surface area contributed by atoms with Gasteiger partial charge in [0.15, 0.2) is 0 Å². The van der Waals surface area contributed by atoms with Crippen molar-refractivity contribution in [1.82, 2.24) is 9.97 Å². The van der Waals surface area contributed by atoms with Crippen LogP contribution in [0.3, 0.4) is 0 Å². The van der Waals surface area contributed by atoms with E-state index in [1.807, 2.05) is 0 Å². The minimum Gasteiger partial charge on any atom is -0.383 e. The summed E-state index contributed by atoms with van der Waals surface area (Å²) in [5.41, 5.74) is 6.93. The van der Waals surface area contributed by atoms with Gasteiger partial charge < -0.3 is 11.1 Å². The molecule has 4 heteroatoms. The molecule has 0 aliphatic rings. The van der Waals surface area contributed by atoms with Crippen molar-refractivity contribution in [3.05, 3.63) is 11.9 Å². The van der Waals surface area contributed by atoms with Crippen LogP contribution in [0.5, 0.6) is 0 Å². The lowest BCUT2D eigenvalue weighted by Crippen LogP contribution is -2.16. The average molecular weight is 236 g/mol. The molecule has 1 heterocycles. The number of anilines is 2. The summed E-state index contributed by atoms with van der Waals surface area (Å²) in [4.78, 5) is 8.35. The number of hydrogen-bond donors (Lipinski definition) is 2. The van der Waals surface area contributed by atoms with Gasteiger partial charge in [-0.25, -0.2) is 9.97 Å². The molecule has 0 unspecified atom stereocenters. The number of nitrogens with one attached hydrogen (secondary N) is 1. The number of aromatic nitrogens is 2. The normalized spacial score (nSPS) is 11.2. The van der Waals surface area contributed by atoms with Crippen molar-refractivity contribution < 1.29 is 0 Å². The molecule has 0 aromatic carbocycles. The lowest BCUT2D eigenvalue weighted by molar-refractivity contribution is 0.518. The molecule has 0 aliphatic heterocycles. The van der Waals surface area contributed by atoms with Gasteiger partial charge in [0.1, 0.15) is 18.0 Å². The molecule has 0 saturated carbocycles. The van der Waals surface area contributed by atoms with E-state index in [4.69, 9.17) is 5.73 Å². The first-order valence-electron chi connectivity index (χ1n) is 6.44. The van der Waals surface area contributed by atoms with Gasteiger partial charge in [-0.2, -0.15) is 0 Å². The standard InChI is InChI=1S/C13H24N4/c1-5-10(6-2)7-15-13-11(9(3)4)12(14)16-8-17-13/h8-10H,5-7H2,1-4H3,(H3,14,15,16,17). The molecule has 4 nitrogen and oxygen atoms in total. The molecule has 0 amide bonds. The summed E-state index contributed by atoms with van der Waals surface area (Å²) in [7, 11) is 0. The van der Waals surface area contributed by atoms with Crippen LogP contribution in [0.2, 0.25) is 0 Å². The summed E-state index contributed by atoms with van der Waals surface area (Å²) in [6, 6.07) is 0. The topological polar surface area (TPSA) is 63.8 Å². The smallest absolute Gasteiger partial charge is 0.134 e. The zero-order chi connectivity index (χ0) is 12.8. The van der Waals surface area contributed by atoms with E-state index in [-0.39, 0.29) is 0 Å². The number of nitrogens with zero attached hydrogens (tertiary/aromatic N) is 2. The summed E-state index contributed by atoms with van der Waals surface area (Å²) < 4.78 is 0. The van der Waals surface area contributed by atoms with Crippen LogP contribution >= 0.6 is 0 Å². The van der Waals surface area contributed by atoms with Crippen LogP contribution in [0.25, 0.3) is 0 Å². The van der Waals surface area contributed by atoms with Crippen molar-refractivity contribution in [2.24, 2.45) is 5.92 Å². The summed E-state index contributed by atoms with van der Waals surface area (Å²) in [5.74, 6) is 2.49. The Kier molecular flexibility index (Phi) is 5.19. The third kappa shape index (κ3) is 3.58. The van der Waals surface area contributed by atoms with Gasteiger partial charge in [0.05, 0.1) is 0 Å². The second-order valence-corrected chi connectivity index (χ2v) is 4.74. The van der Waals surface area contributed by atoms with E-state index >= 15 is 0 Å². The van der Waals surface area contributed by atoms with Gasteiger partial charge in [0.25, 0.3) is 0 Å². The van der Waals surface area contributed by atoms with Gasteiger partial charge >= 0.3 is 0 Å². The fraction of sp³-hybridized carbons (Fsp3) is 0.692. The van der Waals surface area contributed by atoms with E-state index in [1.165, 1.54) is 19.2 Å². The van der Waals surface area contributed by atoms with E-state index in [1.54, 1.807) is 0 Å².